The molecular formula is C13H11F3N2O2. The van der Waals surface area contributed by atoms with Gasteiger partial charge in [-0.1, -0.05) is 0 Å². The molecule has 1 N–H and O–H groups in total. The van der Waals surface area contributed by atoms with Gasteiger partial charge in [0.05, 0.1) is 35.8 Å². The minimum Gasteiger partial charge on any atom is -0.369 e. The first-order chi connectivity index (χ1) is 9.23. The molecule has 0 radical (unpaired) electrons. The highest BCUT2D eigenvalue weighted by Crippen LogP contribution is 2.34. The molecule has 1 aliphatic heterocycles. The second-order valence-corrected chi connectivity index (χ2v) is 4.83. The number of carbonyl (C=O) groups excluding carboxylic acids is 1. The van der Waals surface area contributed by atoms with Gasteiger partial charge in [-0.3, -0.25) is 4.79 Å². The highest BCUT2D eigenvalue weighted by molar-refractivity contribution is 5.91. The Morgan fingerprint density at radius 1 is 1.55 bits per heavy atom. The Morgan fingerprint density at radius 2 is 2.20 bits per heavy atom. The molecule has 20 heavy (non-hydrogen) atoms. The van der Waals surface area contributed by atoms with Crippen LogP contribution in [0.5, 0.6) is 0 Å². The Morgan fingerprint density at radius 3 is 2.70 bits per heavy atom. The number of ether oxygens (including phenoxy) is 1. The average Bonchev–Trinajstić information content (AvgIpc) is 3.05. The summed E-state index contributed by atoms with van der Waals surface area (Å²) < 4.78 is 43.3. The van der Waals surface area contributed by atoms with Crippen LogP contribution in [0.15, 0.2) is 18.2 Å². The van der Waals surface area contributed by atoms with Crippen LogP contribution in [0.3, 0.4) is 0 Å². The first-order valence-electron chi connectivity index (χ1n) is 5.79. The number of benzene rings is 1. The molecule has 7 heteroatoms. The summed E-state index contributed by atoms with van der Waals surface area (Å²) in [5.41, 5.74) is -2.05. The van der Waals surface area contributed by atoms with E-state index < -0.39 is 28.8 Å². The molecule has 1 amide bonds. The quantitative estimate of drug-likeness (QED) is 0.868. The van der Waals surface area contributed by atoms with Crippen LogP contribution in [0.25, 0.3) is 0 Å². The van der Waals surface area contributed by atoms with E-state index in [1.165, 1.54) is 12.1 Å². The van der Waals surface area contributed by atoms with Gasteiger partial charge in [0.25, 0.3) is 0 Å². The largest absolute Gasteiger partial charge is 0.417 e. The molecule has 1 aromatic carbocycles. The van der Waals surface area contributed by atoms with Crippen LogP contribution in [0.2, 0.25) is 0 Å². The molecule has 1 unspecified atom stereocenters. The molecular weight excluding hydrogens is 273 g/mol. The molecule has 1 aromatic rings. The number of nitriles is 1. The molecule has 2 rings (SSSR count). The summed E-state index contributed by atoms with van der Waals surface area (Å²) in [5, 5.41) is 11.0. The summed E-state index contributed by atoms with van der Waals surface area (Å²) in [6.45, 7) is 2.20. The van der Waals surface area contributed by atoms with Gasteiger partial charge in [0.2, 0.25) is 5.91 Å². The van der Waals surface area contributed by atoms with E-state index in [-0.39, 0.29) is 12.1 Å². The first-order valence-corrected chi connectivity index (χ1v) is 5.79. The molecule has 1 saturated heterocycles. The zero-order valence-electron chi connectivity index (χ0n) is 10.5. The van der Waals surface area contributed by atoms with Gasteiger partial charge in [-0.15, -0.1) is 0 Å². The maximum atomic E-state index is 12.8. The highest BCUT2D eigenvalue weighted by Gasteiger charge is 2.41. The molecule has 4 nitrogen and oxygen atoms in total. The third-order valence-electron chi connectivity index (χ3n) is 2.90. The molecule has 1 aliphatic rings. The van der Waals surface area contributed by atoms with Gasteiger partial charge in [0.1, 0.15) is 0 Å². The van der Waals surface area contributed by atoms with Crippen molar-refractivity contribution in [2.75, 3.05) is 11.9 Å². The molecule has 106 valence electrons. The van der Waals surface area contributed by atoms with Crippen molar-refractivity contribution in [1.29, 1.82) is 5.26 Å². The number of carbonyl (C=O) groups is 1. The Hall–Kier alpha value is -2.07. The fourth-order valence-electron chi connectivity index (χ4n) is 1.72. The minimum absolute atomic E-state index is 0.00516. The minimum atomic E-state index is -4.64. The molecule has 0 aliphatic carbocycles. The van der Waals surface area contributed by atoms with Crippen molar-refractivity contribution < 1.29 is 22.7 Å². The van der Waals surface area contributed by atoms with Crippen LogP contribution < -0.4 is 5.32 Å². The van der Waals surface area contributed by atoms with E-state index in [9.17, 15) is 18.0 Å². The van der Waals surface area contributed by atoms with Crippen LogP contribution in [-0.4, -0.2) is 18.1 Å². The van der Waals surface area contributed by atoms with Crippen molar-refractivity contribution in [2.45, 2.75) is 25.1 Å². The van der Waals surface area contributed by atoms with Crippen molar-refractivity contribution in [2.24, 2.45) is 0 Å². The Bertz CT molecular complexity index is 586. The monoisotopic (exact) mass is 284 g/mol. The van der Waals surface area contributed by atoms with E-state index in [0.29, 0.717) is 6.61 Å². The third-order valence-corrected chi connectivity index (χ3v) is 2.90. The highest BCUT2D eigenvalue weighted by atomic mass is 19.4. The molecule has 0 aromatic heterocycles. The van der Waals surface area contributed by atoms with Gasteiger partial charge < -0.3 is 10.1 Å². The maximum absolute atomic E-state index is 12.8. The standard InChI is InChI=1S/C13H11F3N2O2/c1-12(7-20-12)5-11(19)18-9-3-2-8(6-17)10(4-9)13(14,15)16/h2-4H,5,7H2,1H3,(H,18,19). The Balaban J connectivity index is 2.17. The fourth-order valence-corrected chi connectivity index (χ4v) is 1.72. The summed E-state index contributed by atoms with van der Waals surface area (Å²) in [5.74, 6) is -0.428. The van der Waals surface area contributed by atoms with Gasteiger partial charge in [-0.25, -0.2) is 0 Å². The van der Waals surface area contributed by atoms with Gasteiger partial charge >= 0.3 is 6.18 Å². The Labute approximate surface area is 113 Å². The normalized spacial score (nSPS) is 21.1. The average molecular weight is 284 g/mol. The first kappa shape index (κ1) is 14.3. The lowest BCUT2D eigenvalue weighted by molar-refractivity contribution is -0.137. The number of hydrogen-bond acceptors (Lipinski definition) is 3. The second kappa shape index (κ2) is 4.80. The molecule has 0 saturated carbocycles. The lowest BCUT2D eigenvalue weighted by Crippen LogP contribution is -2.20. The van der Waals surface area contributed by atoms with Crippen molar-refractivity contribution in [1.82, 2.24) is 0 Å². The molecule has 1 fully saturated rings. The summed E-state index contributed by atoms with van der Waals surface area (Å²) in [7, 11) is 0. The zero-order chi connectivity index (χ0) is 15.0. The molecule has 0 bridgehead atoms. The van der Waals surface area contributed by atoms with Crippen molar-refractivity contribution in [3.05, 3.63) is 29.3 Å². The van der Waals surface area contributed by atoms with Gasteiger partial charge in [-0.05, 0) is 25.1 Å². The van der Waals surface area contributed by atoms with Crippen LogP contribution in [0, 0.1) is 11.3 Å². The number of rotatable bonds is 3. The van der Waals surface area contributed by atoms with Crippen molar-refractivity contribution in [3.8, 4) is 6.07 Å². The van der Waals surface area contributed by atoms with Gasteiger partial charge in [0, 0.05) is 5.69 Å². The summed E-state index contributed by atoms with van der Waals surface area (Å²) in [6, 6.07) is 4.54. The number of anilines is 1. The van der Waals surface area contributed by atoms with Crippen LogP contribution in [0.1, 0.15) is 24.5 Å². The summed E-state index contributed by atoms with van der Waals surface area (Å²) in [6.07, 6.45) is -4.56. The molecule has 1 heterocycles. The van der Waals surface area contributed by atoms with Crippen molar-refractivity contribution >= 4 is 11.6 Å². The van der Waals surface area contributed by atoms with E-state index in [2.05, 4.69) is 5.32 Å². The van der Waals surface area contributed by atoms with Gasteiger partial charge in [0.15, 0.2) is 0 Å². The Kier molecular flexibility index (Phi) is 3.44. The van der Waals surface area contributed by atoms with Gasteiger partial charge in [-0.2, -0.15) is 18.4 Å². The summed E-state index contributed by atoms with van der Waals surface area (Å²) in [4.78, 5) is 11.6. The second-order valence-electron chi connectivity index (χ2n) is 4.83. The van der Waals surface area contributed by atoms with Crippen LogP contribution in [-0.2, 0) is 15.7 Å². The lowest BCUT2D eigenvalue weighted by atomic mass is 10.1. The van der Waals surface area contributed by atoms with E-state index in [0.717, 1.165) is 12.1 Å². The SMILES string of the molecule is CC1(CC(=O)Nc2ccc(C#N)c(C(F)(F)F)c2)CO1. The number of amides is 1. The molecule has 1 atom stereocenters. The smallest absolute Gasteiger partial charge is 0.369 e. The van der Waals surface area contributed by atoms with Crippen molar-refractivity contribution in [3.63, 3.8) is 0 Å². The fraction of sp³-hybridized carbons (Fsp3) is 0.385. The number of hydrogen-bond donors (Lipinski definition) is 1. The number of nitrogens with one attached hydrogen (secondary N) is 1. The number of alkyl halides is 3. The predicted molar refractivity (Wildman–Crippen MR) is 63.8 cm³/mol. The lowest BCUT2D eigenvalue weighted by Gasteiger charge is -2.12. The van der Waals surface area contributed by atoms with E-state index in [1.54, 1.807) is 6.92 Å². The predicted octanol–water partition coefficient (Wildman–Crippen LogP) is 2.69. The number of epoxide rings is 1. The third kappa shape index (κ3) is 3.27. The number of nitrogens with zero attached hydrogens (tertiary/aromatic N) is 1. The number of halogens is 3. The van der Waals surface area contributed by atoms with E-state index in [1.807, 2.05) is 0 Å². The van der Waals surface area contributed by atoms with E-state index >= 15 is 0 Å². The van der Waals surface area contributed by atoms with E-state index in [4.69, 9.17) is 10.00 Å². The topological polar surface area (TPSA) is 65.4 Å². The zero-order valence-corrected chi connectivity index (χ0v) is 10.5. The van der Waals surface area contributed by atoms with Crippen LogP contribution >= 0.6 is 0 Å². The maximum Gasteiger partial charge on any atom is 0.417 e. The summed E-state index contributed by atoms with van der Waals surface area (Å²) >= 11 is 0. The van der Waals surface area contributed by atoms with Crippen LogP contribution in [0.4, 0.5) is 18.9 Å². The molecule has 0 spiro atoms.